The molecule has 3 aromatic rings. The first-order valence-corrected chi connectivity index (χ1v) is 11.0. The van der Waals surface area contributed by atoms with Crippen molar-refractivity contribution in [1.29, 1.82) is 0 Å². The molecule has 0 fully saturated rings. The maximum Gasteiger partial charge on any atom is 0.0279 e. The van der Waals surface area contributed by atoms with Crippen LogP contribution in [-0.4, -0.2) is 0 Å². The van der Waals surface area contributed by atoms with Crippen LogP contribution in [0.2, 0.25) is 0 Å². The van der Waals surface area contributed by atoms with Crippen LogP contribution in [0.5, 0.6) is 0 Å². The van der Waals surface area contributed by atoms with Crippen molar-refractivity contribution in [2.24, 2.45) is 0 Å². The third-order valence-corrected chi connectivity index (χ3v) is 5.18. The molecule has 0 bridgehead atoms. The molecule has 3 aromatic carbocycles. The summed E-state index contributed by atoms with van der Waals surface area (Å²) in [6.45, 7) is 6.53. The first-order valence-electron chi connectivity index (χ1n) is 11.0. The van der Waals surface area contributed by atoms with Crippen LogP contribution < -0.4 is 0 Å². The van der Waals surface area contributed by atoms with Gasteiger partial charge in [0.05, 0.1) is 0 Å². The maximum atomic E-state index is 3.31. The molecule has 0 amide bonds. The Morgan fingerprint density at radius 2 is 1.10 bits per heavy atom. The molecule has 0 radical (unpaired) electrons. The highest BCUT2D eigenvalue weighted by Gasteiger charge is 1.97. The molecule has 0 unspecified atom stereocenters. The first kappa shape index (κ1) is 21.5. The van der Waals surface area contributed by atoms with Crippen molar-refractivity contribution >= 4 is 0 Å². The molecule has 0 aliphatic rings. The number of unbranched alkanes of at least 4 members (excludes halogenated alkanes) is 1. The zero-order valence-corrected chi connectivity index (χ0v) is 18.4. The zero-order valence-electron chi connectivity index (χ0n) is 18.4. The minimum atomic E-state index is 1.03. The summed E-state index contributed by atoms with van der Waals surface area (Å²) in [6.07, 6.45) is 5.91. The van der Waals surface area contributed by atoms with Crippen LogP contribution in [0.3, 0.4) is 0 Å². The van der Waals surface area contributed by atoms with Crippen molar-refractivity contribution in [1.82, 2.24) is 0 Å². The van der Waals surface area contributed by atoms with E-state index in [4.69, 9.17) is 0 Å². The predicted molar refractivity (Wildman–Crippen MR) is 129 cm³/mol. The molecule has 0 nitrogen and oxygen atoms in total. The number of benzene rings is 3. The van der Waals surface area contributed by atoms with E-state index in [1.54, 1.807) is 0 Å². The Labute approximate surface area is 182 Å². The topological polar surface area (TPSA) is 0 Å². The summed E-state index contributed by atoms with van der Waals surface area (Å²) in [5.74, 6) is 13.2. The Morgan fingerprint density at radius 1 is 0.567 bits per heavy atom. The molecular weight excluding hydrogens is 360 g/mol. The summed E-state index contributed by atoms with van der Waals surface area (Å²) in [5.41, 5.74) is 8.12. The van der Waals surface area contributed by atoms with E-state index >= 15 is 0 Å². The number of rotatable bonds is 5. The SMILES string of the molecule is CCCCc1ccc(C#Cc2ccc(C#Cc3ccc(CCC)cc3)c(C)c2)cc1. The van der Waals surface area contributed by atoms with Crippen molar-refractivity contribution in [2.75, 3.05) is 0 Å². The molecule has 3 rings (SSSR count). The van der Waals surface area contributed by atoms with E-state index in [0.717, 1.165) is 40.7 Å². The fourth-order valence-corrected chi connectivity index (χ4v) is 3.34. The van der Waals surface area contributed by atoms with Crippen LogP contribution >= 0.6 is 0 Å². The first-order chi connectivity index (χ1) is 14.7. The van der Waals surface area contributed by atoms with E-state index in [-0.39, 0.29) is 0 Å². The molecule has 30 heavy (non-hydrogen) atoms. The highest BCUT2D eigenvalue weighted by Crippen LogP contribution is 2.12. The molecule has 150 valence electrons. The highest BCUT2D eigenvalue weighted by atomic mass is 14.0. The molecule has 0 saturated heterocycles. The van der Waals surface area contributed by atoms with Crippen LogP contribution in [-0.2, 0) is 12.8 Å². The Balaban J connectivity index is 1.68. The van der Waals surface area contributed by atoms with Crippen molar-refractivity contribution in [2.45, 2.75) is 52.9 Å². The molecule has 0 aliphatic carbocycles. The van der Waals surface area contributed by atoms with Crippen molar-refractivity contribution in [3.8, 4) is 23.7 Å². The average Bonchev–Trinajstić information content (AvgIpc) is 2.77. The van der Waals surface area contributed by atoms with Crippen LogP contribution in [0.15, 0.2) is 66.7 Å². The van der Waals surface area contributed by atoms with Gasteiger partial charge in [0.15, 0.2) is 0 Å². The minimum Gasteiger partial charge on any atom is -0.0654 e. The second kappa shape index (κ2) is 11.1. The lowest BCUT2D eigenvalue weighted by molar-refractivity contribution is 0.795. The van der Waals surface area contributed by atoms with Crippen molar-refractivity contribution in [3.63, 3.8) is 0 Å². The van der Waals surface area contributed by atoms with Gasteiger partial charge in [0.25, 0.3) is 0 Å². The van der Waals surface area contributed by atoms with Crippen LogP contribution in [0, 0.1) is 30.6 Å². The molecular formula is C30H30. The van der Waals surface area contributed by atoms with Gasteiger partial charge in [-0.3, -0.25) is 0 Å². The minimum absolute atomic E-state index is 1.03. The fourth-order valence-electron chi connectivity index (χ4n) is 3.34. The summed E-state index contributed by atoms with van der Waals surface area (Å²) in [5, 5.41) is 0. The van der Waals surface area contributed by atoms with Gasteiger partial charge in [-0.05, 0) is 85.3 Å². The summed E-state index contributed by atoms with van der Waals surface area (Å²) in [4.78, 5) is 0. The summed E-state index contributed by atoms with van der Waals surface area (Å²) >= 11 is 0. The Morgan fingerprint density at radius 3 is 1.67 bits per heavy atom. The lowest BCUT2D eigenvalue weighted by Gasteiger charge is -2.00. The highest BCUT2D eigenvalue weighted by molar-refractivity contribution is 5.51. The summed E-state index contributed by atoms with van der Waals surface area (Å²) < 4.78 is 0. The van der Waals surface area contributed by atoms with Gasteiger partial charge in [-0.1, -0.05) is 74.6 Å². The molecule has 0 atom stereocenters. The van der Waals surface area contributed by atoms with Gasteiger partial charge in [0, 0.05) is 22.3 Å². The van der Waals surface area contributed by atoms with E-state index in [0.29, 0.717) is 0 Å². The van der Waals surface area contributed by atoms with Gasteiger partial charge < -0.3 is 0 Å². The van der Waals surface area contributed by atoms with Crippen molar-refractivity contribution in [3.05, 3.63) is 106 Å². The number of aryl methyl sites for hydroxylation is 3. The van der Waals surface area contributed by atoms with E-state index in [2.05, 4.69) is 111 Å². The summed E-state index contributed by atoms with van der Waals surface area (Å²) in [6, 6.07) is 23.5. The van der Waals surface area contributed by atoms with E-state index in [9.17, 15) is 0 Å². The standard InChI is InChI=1S/C30H30/c1-4-6-8-26-11-15-27(16-12-26)17-18-29-20-22-30(24(3)23-29)21-19-28-13-9-25(7-5-2)10-14-28/h9-16,20,22-23H,4-8H2,1-3H3. The quantitative estimate of drug-likeness (QED) is 0.408. The van der Waals surface area contributed by atoms with E-state index in [1.165, 1.54) is 30.4 Å². The van der Waals surface area contributed by atoms with Gasteiger partial charge in [0.1, 0.15) is 0 Å². The Hall–Kier alpha value is -3.22. The predicted octanol–water partition coefficient (Wildman–Crippen LogP) is 7.09. The lowest BCUT2D eigenvalue weighted by Crippen LogP contribution is -1.86. The van der Waals surface area contributed by atoms with E-state index < -0.39 is 0 Å². The van der Waals surface area contributed by atoms with E-state index in [1.807, 2.05) is 0 Å². The van der Waals surface area contributed by atoms with Gasteiger partial charge in [0.2, 0.25) is 0 Å². The zero-order chi connectivity index (χ0) is 21.2. The molecule has 0 spiro atoms. The molecule has 0 saturated carbocycles. The van der Waals surface area contributed by atoms with Crippen LogP contribution in [0.1, 0.15) is 72.1 Å². The molecule has 0 N–H and O–H groups in total. The smallest absolute Gasteiger partial charge is 0.0279 e. The van der Waals surface area contributed by atoms with Gasteiger partial charge in [-0.15, -0.1) is 0 Å². The van der Waals surface area contributed by atoms with Crippen molar-refractivity contribution < 1.29 is 0 Å². The molecule has 0 aromatic heterocycles. The van der Waals surface area contributed by atoms with Gasteiger partial charge >= 0.3 is 0 Å². The number of hydrogen-bond donors (Lipinski definition) is 0. The Kier molecular flexibility index (Phi) is 7.94. The molecule has 0 aliphatic heterocycles. The normalized spacial score (nSPS) is 9.97. The van der Waals surface area contributed by atoms with Gasteiger partial charge in [-0.25, -0.2) is 0 Å². The van der Waals surface area contributed by atoms with Crippen LogP contribution in [0.25, 0.3) is 0 Å². The summed E-state index contributed by atoms with van der Waals surface area (Å²) in [7, 11) is 0. The Bertz CT molecular complexity index is 1080. The third-order valence-electron chi connectivity index (χ3n) is 5.18. The van der Waals surface area contributed by atoms with Gasteiger partial charge in [-0.2, -0.15) is 0 Å². The lowest BCUT2D eigenvalue weighted by atomic mass is 10.0. The maximum absolute atomic E-state index is 3.31. The fraction of sp³-hybridized carbons (Fsp3) is 0.267. The average molecular weight is 391 g/mol. The van der Waals surface area contributed by atoms with Crippen LogP contribution in [0.4, 0.5) is 0 Å². The largest absolute Gasteiger partial charge is 0.0654 e. The number of hydrogen-bond acceptors (Lipinski definition) is 0. The second-order valence-corrected chi connectivity index (χ2v) is 7.78. The molecule has 0 heterocycles. The third kappa shape index (κ3) is 6.40. The monoisotopic (exact) mass is 390 g/mol. The second-order valence-electron chi connectivity index (χ2n) is 7.78. The molecule has 0 heteroatoms.